The summed E-state index contributed by atoms with van der Waals surface area (Å²) in [7, 11) is 0. The molecule has 0 spiro atoms. The molecule has 0 heteroatoms. The van der Waals surface area contributed by atoms with E-state index in [4.69, 9.17) is 0 Å². The summed E-state index contributed by atoms with van der Waals surface area (Å²) in [6, 6.07) is 14.4. The molecule has 0 saturated carbocycles. The molecule has 0 unspecified atom stereocenters. The molecule has 2 rings (SSSR count). The summed E-state index contributed by atoms with van der Waals surface area (Å²) in [6.45, 7) is 27.9. The molecule has 2 aromatic rings. The molecule has 0 nitrogen and oxygen atoms in total. The molecule has 0 atom stereocenters. The maximum absolute atomic E-state index is 2.48. The van der Waals surface area contributed by atoms with Crippen LogP contribution in [-0.2, 0) is 34.5 Å². The third-order valence-electron chi connectivity index (χ3n) is 6.46. The normalized spacial score (nSPS) is 13.5. The fourth-order valence-corrected chi connectivity index (χ4v) is 4.43. The smallest absolute Gasteiger partial charge is 0.0129 e. The van der Waals surface area contributed by atoms with Crippen LogP contribution in [0.4, 0.5) is 0 Å². The van der Waals surface area contributed by atoms with Gasteiger partial charge in [-0.25, -0.2) is 0 Å². The molecule has 0 aliphatic rings. The van der Waals surface area contributed by atoms with Gasteiger partial charge in [0.05, 0.1) is 0 Å². The van der Waals surface area contributed by atoms with Crippen LogP contribution in [0.2, 0.25) is 0 Å². The minimum absolute atomic E-state index is 0.166. The molecule has 0 aliphatic heterocycles. The van der Waals surface area contributed by atoms with Gasteiger partial charge in [0.1, 0.15) is 0 Å². The van der Waals surface area contributed by atoms with Gasteiger partial charge >= 0.3 is 0 Å². The van der Waals surface area contributed by atoms with Gasteiger partial charge in [0.25, 0.3) is 0 Å². The van der Waals surface area contributed by atoms with Gasteiger partial charge in [0.15, 0.2) is 0 Å². The molecular formula is C31H48. The molecule has 0 aliphatic carbocycles. The van der Waals surface area contributed by atoms with Gasteiger partial charge in [0, 0.05) is 0 Å². The summed E-state index contributed by atoms with van der Waals surface area (Å²) in [5, 5.41) is 0. The van der Waals surface area contributed by atoms with Crippen LogP contribution in [0.1, 0.15) is 123 Å². The van der Waals surface area contributed by atoms with Gasteiger partial charge < -0.3 is 0 Å². The van der Waals surface area contributed by atoms with Gasteiger partial charge in [-0.3, -0.25) is 0 Å². The van der Waals surface area contributed by atoms with Crippen molar-refractivity contribution in [2.45, 2.75) is 124 Å². The molecule has 0 radical (unpaired) electrons. The van der Waals surface area contributed by atoms with Gasteiger partial charge in [0.2, 0.25) is 0 Å². The Morgan fingerprint density at radius 2 is 0.903 bits per heavy atom. The van der Waals surface area contributed by atoms with Crippen molar-refractivity contribution in [3.63, 3.8) is 0 Å². The molecule has 0 aromatic heterocycles. The monoisotopic (exact) mass is 420 g/mol. The SMILES string of the molecule is CC(C)(C)c1ccc(C(C)(C)C)c(CCCc2ccc(C(C)(C)C)cc2C(C)(C)C)c1. The van der Waals surface area contributed by atoms with Gasteiger partial charge in [-0.1, -0.05) is 119 Å². The van der Waals surface area contributed by atoms with E-state index in [2.05, 4.69) is 119 Å². The average molecular weight is 421 g/mol. The Bertz CT molecular complexity index is 884. The Hall–Kier alpha value is -1.56. The largest absolute Gasteiger partial charge is 0.0585 e. The maximum atomic E-state index is 2.48. The minimum atomic E-state index is 0.166. The van der Waals surface area contributed by atoms with E-state index in [1.165, 1.54) is 39.8 Å². The van der Waals surface area contributed by atoms with E-state index in [0.717, 1.165) is 12.8 Å². The van der Waals surface area contributed by atoms with Crippen LogP contribution in [0, 0.1) is 0 Å². The molecule has 2 aromatic carbocycles. The summed E-state index contributed by atoms with van der Waals surface area (Å²) in [5.41, 5.74) is 9.67. The summed E-state index contributed by atoms with van der Waals surface area (Å²) in [6.07, 6.45) is 3.47. The van der Waals surface area contributed by atoms with Crippen molar-refractivity contribution in [2.75, 3.05) is 0 Å². The lowest BCUT2D eigenvalue weighted by Crippen LogP contribution is -2.19. The summed E-state index contributed by atoms with van der Waals surface area (Å²) < 4.78 is 0. The molecule has 0 bridgehead atoms. The van der Waals surface area contributed by atoms with Crippen LogP contribution in [0.25, 0.3) is 0 Å². The highest BCUT2D eigenvalue weighted by Gasteiger charge is 2.23. The Labute approximate surface area is 193 Å². The zero-order chi connectivity index (χ0) is 23.8. The predicted octanol–water partition coefficient (Wildman–Crippen LogP) is 9.05. The van der Waals surface area contributed by atoms with Crippen molar-refractivity contribution in [1.82, 2.24) is 0 Å². The molecular weight excluding hydrogens is 372 g/mol. The zero-order valence-corrected chi connectivity index (χ0v) is 22.6. The quantitative estimate of drug-likeness (QED) is 0.462. The van der Waals surface area contributed by atoms with E-state index in [9.17, 15) is 0 Å². The van der Waals surface area contributed by atoms with E-state index >= 15 is 0 Å². The predicted molar refractivity (Wildman–Crippen MR) is 140 cm³/mol. The highest BCUT2D eigenvalue weighted by molar-refractivity contribution is 5.41. The highest BCUT2D eigenvalue weighted by atomic mass is 14.3. The minimum Gasteiger partial charge on any atom is -0.0585 e. The van der Waals surface area contributed by atoms with Crippen LogP contribution in [0.15, 0.2) is 36.4 Å². The third kappa shape index (κ3) is 6.71. The van der Waals surface area contributed by atoms with Crippen molar-refractivity contribution in [2.24, 2.45) is 0 Å². The van der Waals surface area contributed by atoms with Crippen molar-refractivity contribution in [3.8, 4) is 0 Å². The first kappa shape index (κ1) is 25.7. The van der Waals surface area contributed by atoms with E-state index in [1.54, 1.807) is 0 Å². The number of rotatable bonds is 4. The number of aryl methyl sites for hydroxylation is 2. The lowest BCUT2D eigenvalue weighted by molar-refractivity contribution is 0.559. The van der Waals surface area contributed by atoms with Gasteiger partial charge in [-0.05, 0) is 74.3 Å². The second kappa shape index (κ2) is 8.76. The first-order valence-corrected chi connectivity index (χ1v) is 12.2. The van der Waals surface area contributed by atoms with E-state index in [0.29, 0.717) is 0 Å². The first-order chi connectivity index (χ1) is 13.9. The zero-order valence-electron chi connectivity index (χ0n) is 22.6. The van der Waals surface area contributed by atoms with Crippen molar-refractivity contribution in [3.05, 3.63) is 69.8 Å². The Morgan fingerprint density at radius 3 is 1.39 bits per heavy atom. The Balaban J connectivity index is 2.33. The molecule has 0 fully saturated rings. The molecule has 0 heterocycles. The van der Waals surface area contributed by atoms with Crippen LogP contribution < -0.4 is 0 Å². The van der Waals surface area contributed by atoms with Gasteiger partial charge in [-0.2, -0.15) is 0 Å². The molecule has 0 amide bonds. The van der Waals surface area contributed by atoms with Crippen molar-refractivity contribution >= 4 is 0 Å². The van der Waals surface area contributed by atoms with Gasteiger partial charge in [-0.15, -0.1) is 0 Å². The van der Waals surface area contributed by atoms with E-state index < -0.39 is 0 Å². The average Bonchev–Trinajstić information content (AvgIpc) is 2.58. The summed E-state index contributed by atoms with van der Waals surface area (Å²) in [5.74, 6) is 0. The number of hydrogen-bond acceptors (Lipinski definition) is 0. The van der Waals surface area contributed by atoms with Crippen molar-refractivity contribution < 1.29 is 0 Å². The molecule has 0 N–H and O–H groups in total. The molecule has 0 saturated heterocycles. The fraction of sp³-hybridized carbons (Fsp3) is 0.613. The van der Waals surface area contributed by atoms with E-state index in [-0.39, 0.29) is 21.7 Å². The van der Waals surface area contributed by atoms with Crippen LogP contribution >= 0.6 is 0 Å². The standard InChI is InChI=1S/C31H48/c1-28(2,3)24-18-19-26(30(7,8)9)23(20-24)15-13-14-22-16-17-25(29(4,5)6)21-27(22)31(10,11)12/h16-21H,13-15H2,1-12H3. The molecule has 172 valence electrons. The third-order valence-corrected chi connectivity index (χ3v) is 6.46. The van der Waals surface area contributed by atoms with Crippen LogP contribution in [0.3, 0.4) is 0 Å². The fourth-order valence-electron chi connectivity index (χ4n) is 4.43. The first-order valence-electron chi connectivity index (χ1n) is 12.2. The van der Waals surface area contributed by atoms with Crippen LogP contribution in [-0.4, -0.2) is 0 Å². The van der Waals surface area contributed by atoms with Crippen molar-refractivity contribution in [1.29, 1.82) is 0 Å². The Kier molecular flexibility index (Phi) is 7.26. The molecule has 31 heavy (non-hydrogen) atoms. The summed E-state index contributed by atoms with van der Waals surface area (Å²) >= 11 is 0. The van der Waals surface area contributed by atoms with Crippen LogP contribution in [0.5, 0.6) is 0 Å². The second-order valence-electron chi connectivity index (χ2n) is 13.6. The lowest BCUT2D eigenvalue weighted by Gasteiger charge is -2.28. The lowest BCUT2D eigenvalue weighted by atomic mass is 9.77. The Morgan fingerprint density at radius 1 is 0.452 bits per heavy atom. The number of benzene rings is 2. The maximum Gasteiger partial charge on any atom is -0.0129 e. The number of hydrogen-bond donors (Lipinski definition) is 0. The highest BCUT2D eigenvalue weighted by Crippen LogP contribution is 2.34. The van der Waals surface area contributed by atoms with E-state index in [1.807, 2.05) is 0 Å². The second-order valence-corrected chi connectivity index (χ2v) is 13.6. The topological polar surface area (TPSA) is 0 Å². The summed E-state index contributed by atoms with van der Waals surface area (Å²) in [4.78, 5) is 0.